The van der Waals surface area contributed by atoms with E-state index in [4.69, 9.17) is 4.42 Å². The first-order valence-electron chi connectivity index (χ1n) is 9.66. The SMILES string of the molecule is CC(C)c1ccc(-c2cc(=O)c3cc(NC(=O)c4cccc(F)c4)ccc3o2)cc1. The van der Waals surface area contributed by atoms with Crippen molar-refractivity contribution in [3.8, 4) is 11.3 Å². The van der Waals surface area contributed by atoms with E-state index in [-0.39, 0.29) is 11.0 Å². The van der Waals surface area contributed by atoms with E-state index in [0.717, 1.165) is 11.6 Å². The highest BCUT2D eigenvalue weighted by atomic mass is 19.1. The molecule has 30 heavy (non-hydrogen) atoms. The molecule has 0 aliphatic carbocycles. The zero-order valence-corrected chi connectivity index (χ0v) is 16.6. The molecule has 0 radical (unpaired) electrons. The van der Waals surface area contributed by atoms with Crippen LogP contribution in [0.1, 0.15) is 35.7 Å². The first-order valence-corrected chi connectivity index (χ1v) is 9.66. The molecule has 1 aromatic heterocycles. The Morgan fingerprint density at radius 2 is 1.73 bits per heavy atom. The van der Waals surface area contributed by atoms with Crippen LogP contribution in [0.4, 0.5) is 10.1 Å². The van der Waals surface area contributed by atoms with E-state index in [9.17, 15) is 14.0 Å². The summed E-state index contributed by atoms with van der Waals surface area (Å²) < 4.78 is 19.3. The minimum Gasteiger partial charge on any atom is -0.456 e. The maximum atomic E-state index is 13.3. The largest absolute Gasteiger partial charge is 0.456 e. The summed E-state index contributed by atoms with van der Waals surface area (Å²) in [5, 5.41) is 3.04. The Balaban J connectivity index is 1.64. The Morgan fingerprint density at radius 1 is 0.967 bits per heavy atom. The van der Waals surface area contributed by atoms with Gasteiger partial charge in [-0.3, -0.25) is 9.59 Å². The molecule has 0 aliphatic heterocycles. The van der Waals surface area contributed by atoms with Gasteiger partial charge in [-0.2, -0.15) is 0 Å². The Kier molecular flexibility index (Phi) is 5.19. The van der Waals surface area contributed by atoms with Crippen molar-refractivity contribution in [2.24, 2.45) is 0 Å². The molecule has 0 unspecified atom stereocenters. The molecule has 0 bridgehead atoms. The molecule has 0 fully saturated rings. The lowest BCUT2D eigenvalue weighted by Crippen LogP contribution is -2.12. The van der Waals surface area contributed by atoms with Gasteiger partial charge >= 0.3 is 0 Å². The highest BCUT2D eigenvalue weighted by molar-refractivity contribution is 6.05. The normalized spacial score (nSPS) is 11.1. The Morgan fingerprint density at radius 3 is 2.43 bits per heavy atom. The van der Waals surface area contributed by atoms with Crippen molar-refractivity contribution in [3.63, 3.8) is 0 Å². The number of fused-ring (bicyclic) bond motifs is 1. The van der Waals surface area contributed by atoms with Crippen molar-refractivity contribution in [1.82, 2.24) is 0 Å². The lowest BCUT2D eigenvalue weighted by molar-refractivity contribution is 0.102. The number of carbonyl (C=O) groups is 1. The van der Waals surface area contributed by atoms with Gasteiger partial charge in [0.1, 0.15) is 17.2 Å². The minimum absolute atomic E-state index is 0.197. The van der Waals surface area contributed by atoms with Crippen molar-refractivity contribution >= 4 is 22.6 Å². The van der Waals surface area contributed by atoms with Crippen LogP contribution in [0.3, 0.4) is 0 Å². The molecule has 5 heteroatoms. The predicted molar refractivity (Wildman–Crippen MR) is 116 cm³/mol. The number of halogens is 1. The fourth-order valence-corrected chi connectivity index (χ4v) is 3.24. The third kappa shape index (κ3) is 4.01. The summed E-state index contributed by atoms with van der Waals surface area (Å²) in [5.41, 5.74) is 2.87. The standard InChI is InChI=1S/C25H20FNO3/c1-15(2)16-6-8-17(9-7-16)24-14-22(28)21-13-20(10-11-23(21)30-24)27-25(29)18-4-3-5-19(26)12-18/h3-15H,1-2H3,(H,27,29). The van der Waals surface area contributed by atoms with Crippen molar-refractivity contribution in [3.05, 3.63) is 100.0 Å². The van der Waals surface area contributed by atoms with E-state index in [1.54, 1.807) is 18.2 Å². The summed E-state index contributed by atoms with van der Waals surface area (Å²) in [5.74, 6) is -0.0427. The van der Waals surface area contributed by atoms with Crippen molar-refractivity contribution in [2.75, 3.05) is 5.32 Å². The number of rotatable bonds is 4. The molecule has 3 aromatic carbocycles. The third-order valence-electron chi connectivity index (χ3n) is 4.93. The maximum absolute atomic E-state index is 13.3. The van der Waals surface area contributed by atoms with Crippen LogP contribution in [0.25, 0.3) is 22.3 Å². The smallest absolute Gasteiger partial charge is 0.255 e. The lowest BCUT2D eigenvalue weighted by Gasteiger charge is -2.09. The number of nitrogens with one attached hydrogen (secondary N) is 1. The number of carbonyl (C=O) groups excluding carboxylic acids is 1. The molecule has 4 rings (SSSR count). The molecule has 0 atom stereocenters. The quantitative estimate of drug-likeness (QED) is 0.458. The van der Waals surface area contributed by atoms with Gasteiger partial charge in [-0.25, -0.2) is 4.39 Å². The van der Waals surface area contributed by atoms with E-state index < -0.39 is 11.7 Å². The molecule has 4 aromatic rings. The van der Waals surface area contributed by atoms with Gasteiger partial charge in [0.15, 0.2) is 5.43 Å². The van der Waals surface area contributed by atoms with Crippen molar-refractivity contribution in [1.29, 1.82) is 0 Å². The van der Waals surface area contributed by atoms with Crippen LogP contribution in [-0.2, 0) is 0 Å². The van der Waals surface area contributed by atoms with Gasteiger partial charge in [0, 0.05) is 22.9 Å². The van der Waals surface area contributed by atoms with Gasteiger partial charge in [-0.15, -0.1) is 0 Å². The Bertz CT molecular complexity index is 1290. The van der Waals surface area contributed by atoms with Crippen LogP contribution in [-0.4, -0.2) is 5.91 Å². The topological polar surface area (TPSA) is 59.3 Å². The van der Waals surface area contributed by atoms with Gasteiger partial charge in [0.2, 0.25) is 0 Å². The second-order valence-electron chi connectivity index (χ2n) is 7.43. The Hall–Kier alpha value is -3.73. The lowest BCUT2D eigenvalue weighted by atomic mass is 10.0. The van der Waals surface area contributed by atoms with E-state index in [1.807, 2.05) is 24.3 Å². The summed E-state index contributed by atoms with van der Waals surface area (Å²) in [4.78, 5) is 25.0. The summed E-state index contributed by atoms with van der Waals surface area (Å²) in [7, 11) is 0. The molecule has 1 heterocycles. The predicted octanol–water partition coefficient (Wildman–Crippen LogP) is 5.97. The number of hydrogen-bond acceptors (Lipinski definition) is 3. The van der Waals surface area contributed by atoms with Crippen LogP contribution in [0, 0.1) is 5.82 Å². The van der Waals surface area contributed by atoms with Gasteiger partial charge < -0.3 is 9.73 Å². The summed E-state index contributed by atoms with van der Waals surface area (Å²) >= 11 is 0. The average molecular weight is 401 g/mol. The van der Waals surface area contributed by atoms with Gasteiger partial charge in [-0.1, -0.05) is 44.2 Å². The zero-order valence-electron chi connectivity index (χ0n) is 16.6. The molecule has 1 amide bonds. The van der Waals surface area contributed by atoms with Crippen LogP contribution in [0.2, 0.25) is 0 Å². The van der Waals surface area contributed by atoms with Crippen LogP contribution in [0.15, 0.2) is 82.0 Å². The molecule has 1 N–H and O–H groups in total. The first kappa shape index (κ1) is 19.6. The summed E-state index contributed by atoms with van der Waals surface area (Å²) in [6.07, 6.45) is 0. The molecule has 0 aliphatic rings. The average Bonchev–Trinajstić information content (AvgIpc) is 2.74. The molecule has 0 spiro atoms. The summed E-state index contributed by atoms with van der Waals surface area (Å²) in [6.45, 7) is 4.24. The van der Waals surface area contributed by atoms with E-state index >= 15 is 0 Å². The number of hydrogen-bond donors (Lipinski definition) is 1. The van der Waals surface area contributed by atoms with Gasteiger partial charge in [-0.05, 0) is 47.9 Å². The highest BCUT2D eigenvalue weighted by Crippen LogP contribution is 2.26. The number of anilines is 1. The fourth-order valence-electron chi connectivity index (χ4n) is 3.24. The first-order chi connectivity index (χ1) is 14.4. The van der Waals surface area contributed by atoms with Crippen LogP contribution < -0.4 is 10.7 Å². The van der Waals surface area contributed by atoms with Crippen molar-refractivity contribution in [2.45, 2.75) is 19.8 Å². The maximum Gasteiger partial charge on any atom is 0.255 e. The second-order valence-corrected chi connectivity index (χ2v) is 7.43. The van der Waals surface area contributed by atoms with Crippen molar-refractivity contribution < 1.29 is 13.6 Å². The highest BCUT2D eigenvalue weighted by Gasteiger charge is 2.11. The van der Waals surface area contributed by atoms with E-state index in [0.29, 0.717) is 28.3 Å². The second kappa shape index (κ2) is 7.95. The number of amides is 1. The molecule has 4 nitrogen and oxygen atoms in total. The fraction of sp³-hybridized carbons (Fsp3) is 0.120. The van der Waals surface area contributed by atoms with Gasteiger partial charge in [0.25, 0.3) is 5.91 Å². The third-order valence-corrected chi connectivity index (χ3v) is 4.93. The molecule has 0 saturated heterocycles. The Labute approximate surface area is 173 Å². The monoisotopic (exact) mass is 401 g/mol. The minimum atomic E-state index is -0.490. The van der Waals surface area contributed by atoms with E-state index in [1.165, 1.54) is 29.8 Å². The van der Waals surface area contributed by atoms with Gasteiger partial charge in [0.05, 0.1) is 5.39 Å². The zero-order chi connectivity index (χ0) is 21.3. The molecular formula is C25H20FNO3. The molecule has 0 saturated carbocycles. The van der Waals surface area contributed by atoms with Crippen LogP contribution >= 0.6 is 0 Å². The summed E-state index contributed by atoms with van der Waals surface area (Å²) in [6, 6.07) is 19.6. The molecular weight excluding hydrogens is 381 g/mol. The number of benzene rings is 3. The van der Waals surface area contributed by atoms with E-state index in [2.05, 4.69) is 19.2 Å². The van der Waals surface area contributed by atoms with Crippen LogP contribution in [0.5, 0.6) is 0 Å². The molecule has 150 valence electrons.